The van der Waals surface area contributed by atoms with Gasteiger partial charge in [-0.2, -0.15) is 0 Å². The van der Waals surface area contributed by atoms with Crippen molar-refractivity contribution in [2.75, 3.05) is 11.9 Å². The average molecular weight is 252 g/mol. The number of hydrogen-bond donors (Lipinski definition) is 1. The number of fused-ring (bicyclic) bond motifs is 1. The Balaban J connectivity index is 2.02. The van der Waals surface area contributed by atoms with E-state index in [1.165, 1.54) is 0 Å². The molecule has 1 aromatic carbocycles. The van der Waals surface area contributed by atoms with Gasteiger partial charge in [0, 0.05) is 31.7 Å². The second kappa shape index (κ2) is 4.74. The standard InChI is InChI=1S/C15H16N4/c1-18(13-7-5-12(11-16)6-8-13)15-4-2-3-14-17-9-10-19(14)15/h2-10H,11,16H2,1H3. The van der Waals surface area contributed by atoms with E-state index in [0.29, 0.717) is 6.54 Å². The third-order valence-corrected chi connectivity index (χ3v) is 3.31. The van der Waals surface area contributed by atoms with Crippen LogP contribution in [-0.2, 0) is 6.54 Å². The highest BCUT2D eigenvalue weighted by Gasteiger charge is 2.07. The first-order valence-electron chi connectivity index (χ1n) is 6.24. The van der Waals surface area contributed by atoms with Crippen LogP contribution in [0.5, 0.6) is 0 Å². The molecule has 0 saturated carbocycles. The Morgan fingerprint density at radius 2 is 1.95 bits per heavy atom. The van der Waals surface area contributed by atoms with Crippen molar-refractivity contribution in [1.29, 1.82) is 0 Å². The van der Waals surface area contributed by atoms with Crippen LogP contribution in [0.2, 0.25) is 0 Å². The second-order valence-electron chi connectivity index (χ2n) is 4.47. The number of nitrogens with zero attached hydrogens (tertiary/aromatic N) is 3. The van der Waals surface area contributed by atoms with Crippen LogP contribution in [0.15, 0.2) is 54.9 Å². The summed E-state index contributed by atoms with van der Waals surface area (Å²) in [6.07, 6.45) is 3.78. The molecule has 2 aromatic heterocycles. The first kappa shape index (κ1) is 11.7. The van der Waals surface area contributed by atoms with E-state index in [1.807, 2.05) is 31.6 Å². The maximum absolute atomic E-state index is 5.62. The van der Waals surface area contributed by atoms with Crippen LogP contribution in [0.1, 0.15) is 5.56 Å². The van der Waals surface area contributed by atoms with E-state index in [9.17, 15) is 0 Å². The van der Waals surface area contributed by atoms with Crippen LogP contribution in [0.4, 0.5) is 11.5 Å². The van der Waals surface area contributed by atoms with E-state index in [4.69, 9.17) is 5.73 Å². The van der Waals surface area contributed by atoms with Gasteiger partial charge < -0.3 is 10.6 Å². The van der Waals surface area contributed by atoms with Crippen molar-refractivity contribution in [1.82, 2.24) is 9.38 Å². The van der Waals surface area contributed by atoms with Gasteiger partial charge in [0.25, 0.3) is 0 Å². The van der Waals surface area contributed by atoms with Gasteiger partial charge in [0.1, 0.15) is 11.5 Å². The Hall–Kier alpha value is -2.33. The number of nitrogens with two attached hydrogens (primary N) is 1. The molecule has 0 saturated heterocycles. The predicted molar refractivity (Wildman–Crippen MR) is 77.6 cm³/mol. The summed E-state index contributed by atoms with van der Waals surface area (Å²) in [5.41, 5.74) is 8.83. The zero-order valence-corrected chi connectivity index (χ0v) is 10.8. The molecule has 3 aromatic rings. The monoisotopic (exact) mass is 252 g/mol. The van der Waals surface area contributed by atoms with Crippen LogP contribution in [0.25, 0.3) is 5.65 Å². The molecule has 4 nitrogen and oxygen atoms in total. The van der Waals surface area contributed by atoms with Crippen molar-refractivity contribution < 1.29 is 0 Å². The van der Waals surface area contributed by atoms with Gasteiger partial charge in [0.15, 0.2) is 0 Å². The number of imidazole rings is 1. The summed E-state index contributed by atoms with van der Waals surface area (Å²) < 4.78 is 2.07. The van der Waals surface area contributed by atoms with Gasteiger partial charge >= 0.3 is 0 Å². The molecule has 0 amide bonds. The number of rotatable bonds is 3. The molecule has 96 valence electrons. The van der Waals surface area contributed by atoms with Gasteiger partial charge in [0.05, 0.1) is 0 Å². The fourth-order valence-corrected chi connectivity index (χ4v) is 2.19. The number of hydrogen-bond acceptors (Lipinski definition) is 3. The smallest absolute Gasteiger partial charge is 0.138 e. The van der Waals surface area contributed by atoms with E-state index in [2.05, 4.69) is 44.6 Å². The van der Waals surface area contributed by atoms with Crippen molar-refractivity contribution in [3.63, 3.8) is 0 Å². The molecule has 0 atom stereocenters. The Morgan fingerprint density at radius 1 is 1.16 bits per heavy atom. The maximum atomic E-state index is 5.62. The van der Waals surface area contributed by atoms with Gasteiger partial charge in [0.2, 0.25) is 0 Å². The van der Waals surface area contributed by atoms with E-state index in [1.54, 1.807) is 0 Å². The molecule has 3 rings (SSSR count). The van der Waals surface area contributed by atoms with E-state index in [0.717, 1.165) is 22.7 Å². The van der Waals surface area contributed by atoms with Crippen LogP contribution >= 0.6 is 0 Å². The van der Waals surface area contributed by atoms with Crippen LogP contribution in [0.3, 0.4) is 0 Å². The lowest BCUT2D eigenvalue weighted by Gasteiger charge is -2.21. The zero-order chi connectivity index (χ0) is 13.2. The third kappa shape index (κ3) is 2.06. The van der Waals surface area contributed by atoms with Crippen molar-refractivity contribution >= 4 is 17.2 Å². The number of aromatic nitrogens is 2. The lowest BCUT2D eigenvalue weighted by Crippen LogP contribution is -2.13. The molecule has 2 heterocycles. The fraction of sp³-hybridized carbons (Fsp3) is 0.133. The molecular formula is C15H16N4. The molecule has 0 bridgehead atoms. The molecule has 4 heteroatoms. The highest BCUT2D eigenvalue weighted by molar-refractivity contribution is 5.62. The minimum atomic E-state index is 0.571. The van der Waals surface area contributed by atoms with E-state index in [-0.39, 0.29) is 0 Å². The molecule has 0 unspecified atom stereocenters. The maximum Gasteiger partial charge on any atom is 0.138 e. The minimum absolute atomic E-state index is 0.571. The Bertz CT molecular complexity index is 685. The molecule has 0 radical (unpaired) electrons. The molecule has 0 fully saturated rings. The summed E-state index contributed by atoms with van der Waals surface area (Å²) in [5, 5.41) is 0. The number of benzene rings is 1. The molecule has 0 aliphatic rings. The topological polar surface area (TPSA) is 46.6 Å². The third-order valence-electron chi connectivity index (χ3n) is 3.31. The zero-order valence-electron chi connectivity index (χ0n) is 10.8. The summed E-state index contributed by atoms with van der Waals surface area (Å²) in [6, 6.07) is 14.4. The molecule has 0 aliphatic carbocycles. The summed E-state index contributed by atoms with van der Waals surface area (Å²) in [6.45, 7) is 0.571. The summed E-state index contributed by atoms with van der Waals surface area (Å²) in [5.74, 6) is 1.08. The van der Waals surface area contributed by atoms with Crippen molar-refractivity contribution in [2.45, 2.75) is 6.54 Å². The van der Waals surface area contributed by atoms with Crippen molar-refractivity contribution in [3.8, 4) is 0 Å². The second-order valence-corrected chi connectivity index (χ2v) is 4.47. The van der Waals surface area contributed by atoms with Gasteiger partial charge in [-0.25, -0.2) is 4.98 Å². The molecule has 0 spiro atoms. The first-order valence-corrected chi connectivity index (χ1v) is 6.24. The minimum Gasteiger partial charge on any atom is -0.331 e. The van der Waals surface area contributed by atoms with Gasteiger partial charge in [-0.05, 0) is 29.8 Å². The van der Waals surface area contributed by atoms with E-state index >= 15 is 0 Å². The summed E-state index contributed by atoms with van der Waals surface area (Å²) in [7, 11) is 2.05. The molecule has 0 aliphatic heterocycles. The number of pyridine rings is 1. The molecular weight excluding hydrogens is 236 g/mol. The van der Waals surface area contributed by atoms with Crippen molar-refractivity contribution in [2.24, 2.45) is 5.73 Å². The van der Waals surface area contributed by atoms with Gasteiger partial charge in [-0.3, -0.25) is 4.40 Å². The van der Waals surface area contributed by atoms with Crippen LogP contribution < -0.4 is 10.6 Å². The lowest BCUT2D eigenvalue weighted by molar-refractivity contribution is 1.05. The Labute approximate surface area is 112 Å². The predicted octanol–water partition coefficient (Wildman–Crippen LogP) is 2.56. The van der Waals surface area contributed by atoms with Crippen molar-refractivity contribution in [3.05, 3.63) is 60.4 Å². The largest absolute Gasteiger partial charge is 0.331 e. The van der Waals surface area contributed by atoms with E-state index < -0.39 is 0 Å². The SMILES string of the molecule is CN(c1ccc(CN)cc1)c1cccc2nccn12. The molecule has 2 N–H and O–H groups in total. The van der Waals surface area contributed by atoms with Gasteiger partial charge in [-0.1, -0.05) is 18.2 Å². The summed E-state index contributed by atoms with van der Waals surface area (Å²) >= 11 is 0. The Morgan fingerprint density at radius 3 is 2.68 bits per heavy atom. The first-order chi connectivity index (χ1) is 9.29. The van der Waals surface area contributed by atoms with Crippen LogP contribution in [-0.4, -0.2) is 16.4 Å². The lowest BCUT2D eigenvalue weighted by atomic mass is 10.2. The highest BCUT2D eigenvalue weighted by Crippen LogP contribution is 2.24. The Kier molecular flexibility index (Phi) is 2.93. The number of anilines is 2. The normalized spacial score (nSPS) is 10.8. The summed E-state index contributed by atoms with van der Waals surface area (Å²) in [4.78, 5) is 6.44. The quantitative estimate of drug-likeness (QED) is 0.779. The van der Waals surface area contributed by atoms with Gasteiger partial charge in [-0.15, -0.1) is 0 Å². The highest BCUT2D eigenvalue weighted by atomic mass is 15.2. The van der Waals surface area contributed by atoms with Crippen LogP contribution in [0, 0.1) is 0 Å². The fourth-order valence-electron chi connectivity index (χ4n) is 2.19. The molecule has 19 heavy (non-hydrogen) atoms. The average Bonchev–Trinajstić information content (AvgIpc) is 2.95.